The molecule has 0 bridgehead atoms. The molecule has 2 rings (SSSR count). The highest BCUT2D eigenvalue weighted by molar-refractivity contribution is 7.88. The summed E-state index contributed by atoms with van der Waals surface area (Å²) in [5, 5.41) is 3.40. The summed E-state index contributed by atoms with van der Waals surface area (Å²) < 4.78 is 32.3. The second kappa shape index (κ2) is 8.99. The van der Waals surface area contributed by atoms with Crippen molar-refractivity contribution >= 4 is 39.3 Å². The van der Waals surface area contributed by atoms with Crippen molar-refractivity contribution < 1.29 is 17.9 Å². The van der Waals surface area contributed by atoms with E-state index in [1.807, 2.05) is 0 Å². The summed E-state index contributed by atoms with van der Waals surface area (Å²) in [5.74, 6) is -0.208. The van der Waals surface area contributed by atoms with Gasteiger partial charge < -0.3 is 10.1 Å². The number of benzene rings is 1. The third-order valence-electron chi connectivity index (χ3n) is 4.20. The molecule has 9 heteroatoms. The van der Waals surface area contributed by atoms with E-state index in [9.17, 15) is 13.2 Å². The molecule has 6 nitrogen and oxygen atoms in total. The average molecular weight is 437 g/mol. The lowest BCUT2D eigenvalue weighted by atomic mass is 10.00. The van der Waals surface area contributed by atoms with E-state index in [4.69, 9.17) is 27.9 Å². The fourth-order valence-corrected chi connectivity index (χ4v) is 5.33. The molecular formula is C18H26Cl2N2O4S. The fourth-order valence-electron chi connectivity index (χ4n) is 2.93. The second-order valence-electron chi connectivity index (χ2n) is 7.71. The smallest absolute Gasteiger partial charge is 0.407 e. The van der Waals surface area contributed by atoms with Crippen molar-refractivity contribution in [1.82, 2.24) is 9.62 Å². The number of carbonyl (C=O) groups excluding carboxylic acids is 1. The van der Waals surface area contributed by atoms with Gasteiger partial charge in [-0.15, -0.1) is 0 Å². The Morgan fingerprint density at radius 2 is 1.93 bits per heavy atom. The Morgan fingerprint density at radius 1 is 1.30 bits per heavy atom. The maximum Gasteiger partial charge on any atom is 0.407 e. The van der Waals surface area contributed by atoms with E-state index >= 15 is 0 Å². The Kier molecular flexibility index (Phi) is 7.41. The predicted molar refractivity (Wildman–Crippen MR) is 108 cm³/mol. The van der Waals surface area contributed by atoms with Crippen LogP contribution in [0.15, 0.2) is 18.2 Å². The Balaban J connectivity index is 1.97. The van der Waals surface area contributed by atoms with Crippen LogP contribution in [0.2, 0.25) is 10.0 Å². The first-order valence-electron chi connectivity index (χ1n) is 8.85. The van der Waals surface area contributed by atoms with Gasteiger partial charge in [-0.3, -0.25) is 0 Å². The molecule has 0 spiro atoms. The summed E-state index contributed by atoms with van der Waals surface area (Å²) in [6.45, 7) is 6.55. The molecule has 1 heterocycles. The monoisotopic (exact) mass is 436 g/mol. The van der Waals surface area contributed by atoms with Gasteiger partial charge in [0.05, 0.1) is 5.75 Å². The Bertz CT molecular complexity index is 758. The van der Waals surface area contributed by atoms with E-state index in [2.05, 4.69) is 5.32 Å². The molecule has 1 aliphatic heterocycles. The number of alkyl carbamates (subject to hydrolysis) is 1. The molecule has 1 fully saturated rings. The number of nitrogens with zero attached hydrogens (tertiary/aromatic N) is 1. The van der Waals surface area contributed by atoms with Gasteiger partial charge in [-0.2, -0.15) is 0 Å². The first-order valence-corrected chi connectivity index (χ1v) is 11.2. The van der Waals surface area contributed by atoms with Crippen molar-refractivity contribution in [2.75, 3.05) is 19.6 Å². The predicted octanol–water partition coefficient (Wildman–Crippen LogP) is 4.06. The van der Waals surface area contributed by atoms with Crippen LogP contribution < -0.4 is 5.32 Å². The zero-order valence-electron chi connectivity index (χ0n) is 15.8. The van der Waals surface area contributed by atoms with E-state index in [0.29, 0.717) is 35.2 Å². The molecular weight excluding hydrogens is 411 g/mol. The van der Waals surface area contributed by atoms with E-state index in [1.54, 1.807) is 39.0 Å². The SMILES string of the molecule is CC(C)(C)OC(=O)NC[C@H]1CCCN(S(=O)(=O)Cc2c(Cl)cccc2Cl)C1. The van der Waals surface area contributed by atoms with Crippen LogP contribution in [0.5, 0.6) is 0 Å². The molecule has 1 aliphatic rings. The number of carbonyl (C=O) groups is 1. The average Bonchev–Trinajstić information content (AvgIpc) is 2.55. The maximum atomic E-state index is 12.8. The Hall–Kier alpha value is -1.02. The number of ether oxygens (including phenoxy) is 1. The third kappa shape index (κ3) is 6.82. The summed E-state index contributed by atoms with van der Waals surface area (Å²) in [4.78, 5) is 11.8. The minimum atomic E-state index is -3.56. The van der Waals surface area contributed by atoms with Crippen molar-refractivity contribution in [1.29, 1.82) is 0 Å². The van der Waals surface area contributed by atoms with Gasteiger partial charge in [0.15, 0.2) is 0 Å². The second-order valence-corrected chi connectivity index (χ2v) is 10.5. The number of piperidine rings is 1. The molecule has 0 saturated carbocycles. The molecule has 1 amide bonds. The quantitative estimate of drug-likeness (QED) is 0.754. The summed E-state index contributed by atoms with van der Waals surface area (Å²) in [6.07, 6.45) is 1.08. The zero-order valence-corrected chi connectivity index (χ0v) is 18.1. The van der Waals surface area contributed by atoms with Gasteiger partial charge in [-0.25, -0.2) is 17.5 Å². The molecule has 27 heavy (non-hydrogen) atoms. The number of hydrogen-bond donors (Lipinski definition) is 1. The van der Waals surface area contributed by atoms with Gasteiger partial charge in [0.2, 0.25) is 10.0 Å². The summed E-state index contributed by atoms with van der Waals surface area (Å²) in [5.41, 5.74) is -0.157. The largest absolute Gasteiger partial charge is 0.444 e. The molecule has 1 aromatic carbocycles. The van der Waals surface area contributed by atoms with E-state index < -0.39 is 21.7 Å². The minimum absolute atomic E-state index is 0.0303. The number of rotatable bonds is 5. The van der Waals surface area contributed by atoms with Crippen molar-refractivity contribution in [3.8, 4) is 0 Å². The van der Waals surface area contributed by atoms with Crippen LogP contribution in [0.1, 0.15) is 39.2 Å². The molecule has 1 atom stereocenters. The maximum absolute atomic E-state index is 12.8. The first-order chi connectivity index (χ1) is 12.5. The Labute approximate surface area is 171 Å². The number of amides is 1. The van der Waals surface area contributed by atoms with Crippen LogP contribution in [0.25, 0.3) is 0 Å². The molecule has 1 N–H and O–H groups in total. The standard InChI is InChI=1S/C18H26Cl2N2O4S/c1-18(2,3)26-17(23)21-10-13-6-5-9-22(11-13)27(24,25)12-14-15(19)7-4-8-16(14)20/h4,7-8,13H,5-6,9-12H2,1-3H3,(H,21,23)/t13-/m1/s1. The van der Waals surface area contributed by atoms with Crippen molar-refractivity contribution in [3.05, 3.63) is 33.8 Å². The normalized spacial score (nSPS) is 18.9. The number of sulfonamides is 1. The van der Waals surface area contributed by atoms with Gasteiger partial charge in [0, 0.05) is 35.2 Å². The van der Waals surface area contributed by atoms with Crippen LogP contribution in [-0.4, -0.2) is 44.1 Å². The van der Waals surface area contributed by atoms with Crippen molar-refractivity contribution in [2.24, 2.45) is 5.92 Å². The Morgan fingerprint density at radius 3 is 2.52 bits per heavy atom. The lowest BCUT2D eigenvalue weighted by Gasteiger charge is -2.32. The van der Waals surface area contributed by atoms with Crippen LogP contribution >= 0.6 is 23.2 Å². The van der Waals surface area contributed by atoms with E-state index in [0.717, 1.165) is 12.8 Å². The van der Waals surface area contributed by atoms with Crippen LogP contribution in [-0.2, 0) is 20.5 Å². The van der Waals surface area contributed by atoms with E-state index in [-0.39, 0.29) is 11.7 Å². The van der Waals surface area contributed by atoms with Gasteiger partial charge in [0.25, 0.3) is 0 Å². The number of nitrogens with one attached hydrogen (secondary N) is 1. The van der Waals surface area contributed by atoms with Crippen molar-refractivity contribution in [2.45, 2.75) is 45.0 Å². The van der Waals surface area contributed by atoms with Gasteiger partial charge >= 0.3 is 6.09 Å². The molecule has 1 saturated heterocycles. The molecule has 0 unspecified atom stereocenters. The molecule has 1 aromatic rings. The lowest BCUT2D eigenvalue weighted by molar-refractivity contribution is 0.0513. The van der Waals surface area contributed by atoms with Crippen LogP contribution in [0.3, 0.4) is 0 Å². The molecule has 152 valence electrons. The summed E-state index contributed by atoms with van der Waals surface area (Å²) >= 11 is 12.2. The third-order valence-corrected chi connectivity index (χ3v) is 6.68. The van der Waals surface area contributed by atoms with Gasteiger partial charge in [-0.1, -0.05) is 29.3 Å². The van der Waals surface area contributed by atoms with Crippen molar-refractivity contribution in [3.63, 3.8) is 0 Å². The highest BCUT2D eigenvalue weighted by atomic mass is 35.5. The zero-order chi connectivity index (χ0) is 20.2. The topological polar surface area (TPSA) is 75.7 Å². The van der Waals surface area contributed by atoms with E-state index in [1.165, 1.54) is 4.31 Å². The van der Waals surface area contributed by atoms with Crippen LogP contribution in [0, 0.1) is 5.92 Å². The molecule has 0 aromatic heterocycles. The van der Waals surface area contributed by atoms with Gasteiger partial charge in [-0.05, 0) is 51.7 Å². The number of hydrogen-bond acceptors (Lipinski definition) is 4. The fraction of sp³-hybridized carbons (Fsp3) is 0.611. The summed E-state index contributed by atoms with van der Waals surface area (Å²) in [6, 6.07) is 4.93. The summed E-state index contributed by atoms with van der Waals surface area (Å²) in [7, 11) is -3.56. The van der Waals surface area contributed by atoms with Crippen LogP contribution in [0.4, 0.5) is 4.79 Å². The lowest BCUT2D eigenvalue weighted by Crippen LogP contribution is -2.44. The molecule has 0 aliphatic carbocycles. The highest BCUT2D eigenvalue weighted by Gasteiger charge is 2.30. The highest BCUT2D eigenvalue weighted by Crippen LogP contribution is 2.28. The first kappa shape index (κ1) is 22.3. The number of halogens is 2. The molecule has 0 radical (unpaired) electrons. The van der Waals surface area contributed by atoms with Gasteiger partial charge in [0.1, 0.15) is 5.60 Å². The minimum Gasteiger partial charge on any atom is -0.444 e.